The zero-order chi connectivity index (χ0) is 23.8. The summed E-state index contributed by atoms with van der Waals surface area (Å²) in [6.07, 6.45) is 5.30. The van der Waals surface area contributed by atoms with Gasteiger partial charge in [-0.2, -0.15) is 10.1 Å². The van der Waals surface area contributed by atoms with Crippen molar-refractivity contribution >= 4 is 22.7 Å². The molecule has 0 aliphatic rings. The number of benzene rings is 2. The van der Waals surface area contributed by atoms with Crippen LogP contribution >= 0.6 is 0 Å². The van der Waals surface area contributed by atoms with Crippen molar-refractivity contribution in [1.29, 1.82) is 0 Å². The summed E-state index contributed by atoms with van der Waals surface area (Å²) >= 11 is 0. The van der Waals surface area contributed by atoms with Gasteiger partial charge in [0.2, 0.25) is 5.95 Å². The maximum absolute atomic E-state index is 14.1. The van der Waals surface area contributed by atoms with E-state index in [2.05, 4.69) is 20.4 Å². The first-order valence-electron chi connectivity index (χ1n) is 10.9. The van der Waals surface area contributed by atoms with Crippen molar-refractivity contribution in [2.24, 2.45) is 7.05 Å². The summed E-state index contributed by atoms with van der Waals surface area (Å²) < 4.78 is 3.37. The van der Waals surface area contributed by atoms with E-state index in [1.165, 1.54) is 0 Å². The minimum Gasteiger partial charge on any atom is -0.368 e. The fourth-order valence-corrected chi connectivity index (χ4v) is 4.04. The van der Waals surface area contributed by atoms with Gasteiger partial charge in [0, 0.05) is 30.6 Å². The largest absolute Gasteiger partial charge is 0.368 e. The van der Waals surface area contributed by atoms with Crippen molar-refractivity contribution in [2.45, 2.75) is 19.9 Å². The average molecular weight is 453 g/mol. The van der Waals surface area contributed by atoms with Crippen LogP contribution in [0, 0.1) is 6.92 Å². The maximum atomic E-state index is 14.1. The van der Waals surface area contributed by atoms with Crippen LogP contribution in [0.25, 0.3) is 27.7 Å². The lowest BCUT2D eigenvalue weighted by Gasteiger charge is -2.21. The van der Waals surface area contributed by atoms with Gasteiger partial charge >= 0.3 is 0 Å². The Morgan fingerprint density at radius 2 is 1.82 bits per heavy atom. The van der Waals surface area contributed by atoms with E-state index in [0.717, 1.165) is 22.4 Å². The van der Waals surface area contributed by atoms with Crippen LogP contribution in [0.1, 0.15) is 24.4 Å². The van der Waals surface area contributed by atoms with Gasteiger partial charge in [-0.05, 0) is 37.6 Å². The van der Waals surface area contributed by atoms with Crippen molar-refractivity contribution in [3.05, 3.63) is 88.9 Å². The molecular formula is C25H24N8O. The molecule has 0 radical (unpaired) electrons. The Kier molecular flexibility index (Phi) is 5.29. The molecule has 3 heterocycles. The van der Waals surface area contributed by atoms with Crippen LogP contribution < -0.4 is 16.6 Å². The average Bonchev–Trinajstić information content (AvgIpc) is 3.27. The Bertz CT molecular complexity index is 1560. The number of nitrogens with one attached hydrogen (secondary N) is 1. The molecule has 3 N–H and O–H groups in total. The number of para-hydroxylation sites is 1. The third kappa shape index (κ3) is 3.77. The highest BCUT2D eigenvalue weighted by Gasteiger charge is 2.21. The van der Waals surface area contributed by atoms with E-state index >= 15 is 0 Å². The van der Waals surface area contributed by atoms with E-state index in [0.29, 0.717) is 22.5 Å². The van der Waals surface area contributed by atoms with Crippen molar-refractivity contribution in [1.82, 2.24) is 29.3 Å². The Balaban J connectivity index is 1.75. The second-order valence-corrected chi connectivity index (χ2v) is 8.17. The molecule has 0 saturated heterocycles. The molecule has 1 atom stereocenters. The van der Waals surface area contributed by atoms with Gasteiger partial charge in [-0.25, -0.2) is 9.97 Å². The van der Waals surface area contributed by atoms with Crippen molar-refractivity contribution < 1.29 is 0 Å². The maximum Gasteiger partial charge on any atom is 0.266 e. The number of hydrogen-bond donors (Lipinski definition) is 2. The summed E-state index contributed by atoms with van der Waals surface area (Å²) in [5.41, 5.74) is 9.47. The van der Waals surface area contributed by atoms with Crippen molar-refractivity contribution in [3.63, 3.8) is 0 Å². The topological polar surface area (TPSA) is 117 Å². The highest BCUT2D eigenvalue weighted by molar-refractivity contribution is 5.94. The lowest BCUT2D eigenvalue weighted by atomic mass is 10.0. The fourth-order valence-electron chi connectivity index (χ4n) is 4.04. The number of fused-ring (bicyclic) bond motifs is 1. The molecule has 0 amide bonds. The molecule has 0 bridgehead atoms. The van der Waals surface area contributed by atoms with E-state index in [9.17, 15) is 4.79 Å². The Morgan fingerprint density at radius 3 is 2.56 bits per heavy atom. The van der Waals surface area contributed by atoms with Gasteiger partial charge < -0.3 is 11.1 Å². The van der Waals surface area contributed by atoms with Crippen LogP contribution in [0.4, 0.5) is 11.8 Å². The van der Waals surface area contributed by atoms with Crippen LogP contribution in [-0.4, -0.2) is 29.3 Å². The first-order valence-corrected chi connectivity index (χ1v) is 10.9. The molecule has 5 aromatic rings. The molecule has 34 heavy (non-hydrogen) atoms. The fraction of sp³-hybridized carbons (Fsp3) is 0.160. The molecule has 0 aliphatic carbocycles. The number of hydrogen-bond acceptors (Lipinski definition) is 7. The standard InChI is InChI=1S/C25H24N8O/c1-15-12-27-25(26)31-22(15)29-16(2)23-30-20-11-7-10-19(17-13-28-32(3)14-17)21(20)24(34)33(23)18-8-5-4-6-9-18/h4-14,16H,1-3H3,(H3,26,27,29,31)/t16-/m0/s1. The SMILES string of the molecule is Cc1cnc(N)nc1N[C@@H](C)c1nc2cccc(-c3cnn(C)c3)c2c(=O)n1-c1ccccc1. The van der Waals surface area contributed by atoms with Gasteiger partial charge in [-0.1, -0.05) is 30.3 Å². The summed E-state index contributed by atoms with van der Waals surface area (Å²) in [6, 6.07) is 14.8. The molecule has 0 aliphatic heterocycles. The Hall–Kier alpha value is -4.53. The predicted octanol–water partition coefficient (Wildman–Crippen LogP) is 3.64. The van der Waals surface area contributed by atoms with Gasteiger partial charge in [0.25, 0.3) is 5.56 Å². The summed E-state index contributed by atoms with van der Waals surface area (Å²) in [4.78, 5) is 27.3. The quantitative estimate of drug-likeness (QED) is 0.418. The number of nitrogens with zero attached hydrogens (tertiary/aromatic N) is 6. The molecule has 9 nitrogen and oxygen atoms in total. The smallest absolute Gasteiger partial charge is 0.266 e. The first kappa shape index (κ1) is 21.3. The molecule has 0 spiro atoms. The number of aryl methyl sites for hydroxylation is 2. The van der Waals surface area contributed by atoms with E-state index < -0.39 is 0 Å². The van der Waals surface area contributed by atoms with Gasteiger partial charge in [0.05, 0.1) is 28.8 Å². The summed E-state index contributed by atoms with van der Waals surface area (Å²) in [7, 11) is 1.85. The molecular weight excluding hydrogens is 428 g/mol. The Labute approximate surface area is 195 Å². The van der Waals surface area contributed by atoms with E-state index in [-0.39, 0.29) is 17.5 Å². The van der Waals surface area contributed by atoms with Gasteiger partial charge in [-0.3, -0.25) is 14.0 Å². The molecule has 5 rings (SSSR count). The number of anilines is 2. The van der Waals surface area contributed by atoms with E-state index in [4.69, 9.17) is 10.7 Å². The van der Waals surface area contributed by atoms with Gasteiger partial charge in [-0.15, -0.1) is 0 Å². The minimum absolute atomic E-state index is 0.154. The van der Waals surface area contributed by atoms with Gasteiger partial charge in [0.15, 0.2) is 0 Å². The van der Waals surface area contributed by atoms with Crippen LogP contribution in [0.15, 0.2) is 71.9 Å². The highest BCUT2D eigenvalue weighted by atomic mass is 16.1. The van der Waals surface area contributed by atoms with Crippen LogP contribution in [-0.2, 0) is 7.05 Å². The molecule has 3 aromatic heterocycles. The molecule has 0 fully saturated rings. The zero-order valence-corrected chi connectivity index (χ0v) is 19.1. The number of aromatic nitrogens is 6. The molecule has 9 heteroatoms. The lowest BCUT2D eigenvalue weighted by Crippen LogP contribution is -2.28. The molecule has 0 unspecified atom stereocenters. The normalized spacial score (nSPS) is 12.1. The van der Waals surface area contributed by atoms with Crippen molar-refractivity contribution in [3.8, 4) is 16.8 Å². The zero-order valence-electron chi connectivity index (χ0n) is 19.1. The molecule has 2 aromatic carbocycles. The Morgan fingerprint density at radius 1 is 1.03 bits per heavy atom. The number of rotatable bonds is 5. The van der Waals surface area contributed by atoms with Crippen LogP contribution in [0.3, 0.4) is 0 Å². The van der Waals surface area contributed by atoms with Crippen LogP contribution in [0.2, 0.25) is 0 Å². The summed E-state index contributed by atoms with van der Waals surface area (Å²) in [5, 5.41) is 8.17. The van der Waals surface area contributed by atoms with E-state index in [1.807, 2.05) is 75.6 Å². The lowest BCUT2D eigenvalue weighted by molar-refractivity contribution is 0.730. The summed E-state index contributed by atoms with van der Waals surface area (Å²) in [6.45, 7) is 3.84. The van der Waals surface area contributed by atoms with Crippen molar-refractivity contribution in [2.75, 3.05) is 11.1 Å². The highest BCUT2D eigenvalue weighted by Crippen LogP contribution is 2.28. The first-order chi connectivity index (χ1) is 16.4. The minimum atomic E-state index is -0.354. The van der Waals surface area contributed by atoms with Crippen LogP contribution in [0.5, 0.6) is 0 Å². The summed E-state index contributed by atoms with van der Waals surface area (Å²) in [5.74, 6) is 1.33. The predicted molar refractivity (Wildman–Crippen MR) is 133 cm³/mol. The third-order valence-corrected chi connectivity index (χ3v) is 5.68. The number of nitrogens with two attached hydrogens (primary N) is 1. The third-order valence-electron chi connectivity index (χ3n) is 5.68. The number of nitrogen functional groups attached to an aromatic ring is 1. The van der Waals surface area contributed by atoms with E-state index in [1.54, 1.807) is 21.6 Å². The second kappa shape index (κ2) is 8.43. The monoisotopic (exact) mass is 452 g/mol. The van der Waals surface area contributed by atoms with Gasteiger partial charge in [0.1, 0.15) is 11.6 Å². The second-order valence-electron chi connectivity index (χ2n) is 8.17. The molecule has 170 valence electrons. The molecule has 0 saturated carbocycles.